The summed E-state index contributed by atoms with van der Waals surface area (Å²) in [5.41, 5.74) is 0.523. The minimum Gasteiger partial charge on any atom is -0.465 e. The first-order valence-electron chi connectivity index (χ1n) is 5.90. The lowest BCUT2D eigenvalue weighted by atomic mass is 10.2. The van der Waals surface area contributed by atoms with Gasteiger partial charge in [0.1, 0.15) is 17.0 Å². The number of anilines is 1. The van der Waals surface area contributed by atoms with Crippen LogP contribution >= 0.6 is 0 Å². The summed E-state index contributed by atoms with van der Waals surface area (Å²) < 4.78 is 11.5. The van der Waals surface area contributed by atoms with Gasteiger partial charge in [0, 0.05) is 12.7 Å². The maximum absolute atomic E-state index is 11.8. The van der Waals surface area contributed by atoms with E-state index in [4.69, 9.17) is 4.74 Å². The Bertz CT molecular complexity index is 497. The van der Waals surface area contributed by atoms with Crippen LogP contribution in [0, 0.1) is 6.92 Å². The average Bonchev–Trinajstić information content (AvgIpc) is 2.54. The zero-order valence-corrected chi connectivity index (χ0v) is 12.2. The third-order valence-electron chi connectivity index (χ3n) is 2.50. The molecule has 0 aliphatic rings. The molecule has 6 heteroatoms. The summed E-state index contributed by atoms with van der Waals surface area (Å²) >= 11 is 0. The standard InChI is InChI=1S/C13H20N2O4/c1-8-7-9(11(16)18-6)10(15(8)5)14-12(17)19-13(2,3)4/h7H,1-6H3,(H,14,17). The van der Waals surface area contributed by atoms with E-state index in [0.29, 0.717) is 11.4 Å². The Morgan fingerprint density at radius 2 is 1.89 bits per heavy atom. The molecule has 1 N–H and O–H groups in total. The van der Waals surface area contributed by atoms with Gasteiger partial charge < -0.3 is 14.0 Å². The summed E-state index contributed by atoms with van der Waals surface area (Å²) in [5.74, 6) is -0.145. The topological polar surface area (TPSA) is 69.6 Å². The van der Waals surface area contributed by atoms with Gasteiger partial charge in [-0.15, -0.1) is 0 Å². The molecular formula is C13H20N2O4. The Balaban J connectivity index is 3.00. The second-order valence-electron chi connectivity index (χ2n) is 5.23. The lowest BCUT2D eigenvalue weighted by Gasteiger charge is -2.20. The highest BCUT2D eigenvalue weighted by molar-refractivity contribution is 5.99. The van der Waals surface area contributed by atoms with Crippen molar-refractivity contribution in [1.82, 2.24) is 4.57 Å². The van der Waals surface area contributed by atoms with Gasteiger partial charge in [-0.25, -0.2) is 9.59 Å². The predicted octanol–water partition coefficient (Wildman–Crippen LogP) is 2.47. The Kier molecular flexibility index (Phi) is 4.24. The Labute approximate surface area is 112 Å². The molecule has 0 saturated carbocycles. The first-order valence-corrected chi connectivity index (χ1v) is 5.90. The zero-order valence-electron chi connectivity index (χ0n) is 12.2. The van der Waals surface area contributed by atoms with Crippen LogP contribution in [0.2, 0.25) is 0 Å². The molecule has 6 nitrogen and oxygen atoms in total. The van der Waals surface area contributed by atoms with E-state index in [9.17, 15) is 9.59 Å². The summed E-state index contributed by atoms with van der Waals surface area (Å²) in [5, 5.41) is 2.57. The third kappa shape index (κ3) is 3.74. The highest BCUT2D eigenvalue weighted by Gasteiger charge is 2.22. The normalized spacial score (nSPS) is 11.1. The van der Waals surface area contributed by atoms with Crippen molar-refractivity contribution in [3.63, 3.8) is 0 Å². The molecule has 0 fully saturated rings. The molecule has 0 saturated heterocycles. The molecular weight excluding hydrogens is 248 g/mol. The van der Waals surface area contributed by atoms with Crippen LogP contribution in [0.3, 0.4) is 0 Å². The molecule has 0 aromatic carbocycles. The van der Waals surface area contributed by atoms with Crippen molar-refractivity contribution in [2.24, 2.45) is 7.05 Å². The quantitative estimate of drug-likeness (QED) is 0.836. The SMILES string of the molecule is COC(=O)c1cc(C)n(C)c1NC(=O)OC(C)(C)C. The molecule has 0 spiro atoms. The van der Waals surface area contributed by atoms with Crippen LogP contribution in [0.4, 0.5) is 10.6 Å². The number of carbonyl (C=O) groups excluding carboxylic acids is 2. The molecule has 1 heterocycles. The largest absolute Gasteiger partial charge is 0.465 e. The second kappa shape index (κ2) is 5.34. The number of ether oxygens (including phenoxy) is 2. The van der Waals surface area contributed by atoms with Crippen molar-refractivity contribution in [3.8, 4) is 0 Å². The Morgan fingerprint density at radius 3 is 2.37 bits per heavy atom. The molecule has 0 aliphatic carbocycles. The average molecular weight is 268 g/mol. The summed E-state index contributed by atoms with van der Waals surface area (Å²) in [4.78, 5) is 23.4. The van der Waals surface area contributed by atoms with E-state index in [2.05, 4.69) is 10.1 Å². The van der Waals surface area contributed by atoms with E-state index in [0.717, 1.165) is 5.69 Å². The molecule has 0 atom stereocenters. The molecule has 106 valence electrons. The smallest absolute Gasteiger partial charge is 0.413 e. The summed E-state index contributed by atoms with van der Waals surface area (Å²) in [6.45, 7) is 7.13. The van der Waals surface area contributed by atoms with Gasteiger partial charge in [-0.2, -0.15) is 0 Å². The fourth-order valence-electron chi connectivity index (χ4n) is 1.55. The molecule has 1 rings (SSSR count). The number of hydrogen-bond donors (Lipinski definition) is 1. The van der Waals surface area contributed by atoms with Crippen molar-refractivity contribution in [2.75, 3.05) is 12.4 Å². The van der Waals surface area contributed by atoms with Crippen molar-refractivity contribution in [3.05, 3.63) is 17.3 Å². The Hall–Kier alpha value is -1.98. The number of esters is 1. The number of amides is 1. The zero-order chi connectivity index (χ0) is 14.8. The number of nitrogens with zero attached hydrogens (tertiary/aromatic N) is 1. The number of rotatable bonds is 2. The van der Waals surface area contributed by atoms with Gasteiger partial charge in [0.05, 0.1) is 7.11 Å². The number of carbonyl (C=O) groups is 2. The number of nitrogens with one attached hydrogen (secondary N) is 1. The van der Waals surface area contributed by atoms with Crippen LogP contribution in [-0.2, 0) is 16.5 Å². The van der Waals surface area contributed by atoms with Gasteiger partial charge >= 0.3 is 12.1 Å². The molecule has 0 radical (unpaired) electrons. The fraction of sp³-hybridized carbons (Fsp3) is 0.538. The van der Waals surface area contributed by atoms with Crippen LogP contribution in [0.25, 0.3) is 0 Å². The van der Waals surface area contributed by atoms with Gasteiger partial charge in [0.15, 0.2) is 0 Å². The number of methoxy groups -OCH3 is 1. The van der Waals surface area contributed by atoms with Crippen molar-refractivity contribution < 1.29 is 19.1 Å². The highest BCUT2D eigenvalue weighted by Crippen LogP contribution is 2.21. The van der Waals surface area contributed by atoms with E-state index in [1.54, 1.807) is 38.5 Å². The van der Waals surface area contributed by atoms with Gasteiger partial charge in [0.25, 0.3) is 0 Å². The van der Waals surface area contributed by atoms with Gasteiger partial charge in [-0.3, -0.25) is 5.32 Å². The molecule has 1 amide bonds. The molecule has 1 aromatic heterocycles. The van der Waals surface area contributed by atoms with E-state index >= 15 is 0 Å². The number of hydrogen-bond acceptors (Lipinski definition) is 4. The molecule has 0 aliphatic heterocycles. The van der Waals surface area contributed by atoms with E-state index in [1.807, 2.05) is 6.92 Å². The molecule has 0 unspecified atom stereocenters. The van der Waals surface area contributed by atoms with Crippen LogP contribution in [0.5, 0.6) is 0 Å². The van der Waals surface area contributed by atoms with Gasteiger partial charge in [-0.05, 0) is 33.8 Å². The monoisotopic (exact) mass is 268 g/mol. The minimum absolute atomic E-state index is 0.299. The maximum Gasteiger partial charge on any atom is 0.413 e. The lowest BCUT2D eigenvalue weighted by Crippen LogP contribution is -2.28. The van der Waals surface area contributed by atoms with Crippen molar-refractivity contribution in [2.45, 2.75) is 33.3 Å². The van der Waals surface area contributed by atoms with E-state index in [-0.39, 0.29) is 0 Å². The van der Waals surface area contributed by atoms with Gasteiger partial charge in [-0.1, -0.05) is 0 Å². The van der Waals surface area contributed by atoms with Crippen LogP contribution in [-0.4, -0.2) is 29.3 Å². The number of aromatic nitrogens is 1. The molecule has 1 aromatic rings. The summed E-state index contributed by atoms with van der Waals surface area (Å²) in [6, 6.07) is 1.65. The third-order valence-corrected chi connectivity index (χ3v) is 2.50. The van der Waals surface area contributed by atoms with Crippen LogP contribution < -0.4 is 5.32 Å². The summed E-state index contributed by atoms with van der Waals surface area (Å²) in [6.07, 6.45) is -0.612. The molecule has 19 heavy (non-hydrogen) atoms. The van der Waals surface area contributed by atoms with E-state index in [1.165, 1.54) is 7.11 Å². The fourth-order valence-corrected chi connectivity index (χ4v) is 1.55. The maximum atomic E-state index is 11.8. The molecule has 0 bridgehead atoms. The van der Waals surface area contributed by atoms with Crippen LogP contribution in [0.1, 0.15) is 36.8 Å². The Morgan fingerprint density at radius 1 is 1.32 bits per heavy atom. The van der Waals surface area contributed by atoms with E-state index < -0.39 is 17.7 Å². The lowest BCUT2D eigenvalue weighted by molar-refractivity contribution is 0.0602. The second-order valence-corrected chi connectivity index (χ2v) is 5.23. The first kappa shape index (κ1) is 15.1. The number of aryl methyl sites for hydroxylation is 1. The van der Waals surface area contributed by atoms with Crippen LogP contribution in [0.15, 0.2) is 6.07 Å². The van der Waals surface area contributed by atoms with Gasteiger partial charge in [0.2, 0.25) is 0 Å². The van der Waals surface area contributed by atoms with Crippen molar-refractivity contribution in [1.29, 1.82) is 0 Å². The predicted molar refractivity (Wildman–Crippen MR) is 71.3 cm³/mol. The van der Waals surface area contributed by atoms with Crippen molar-refractivity contribution >= 4 is 17.9 Å². The summed E-state index contributed by atoms with van der Waals surface area (Å²) in [7, 11) is 3.04. The minimum atomic E-state index is -0.612. The first-order chi connectivity index (χ1) is 8.65. The highest BCUT2D eigenvalue weighted by atomic mass is 16.6.